The first kappa shape index (κ1) is 85.2. The molecule has 0 aromatic rings. The van der Waals surface area contributed by atoms with Gasteiger partial charge in [-0.3, -0.25) is 32.5 Å². The van der Waals surface area contributed by atoms with Crippen molar-refractivity contribution in [3.05, 3.63) is 109 Å². The molecule has 0 amide bonds. The summed E-state index contributed by atoms with van der Waals surface area (Å²) in [6, 6.07) is 0. The maximum Gasteiger partial charge on any atom is 0.472 e. The van der Waals surface area contributed by atoms with Crippen molar-refractivity contribution in [2.24, 2.45) is 0 Å². The quantitative estimate of drug-likeness (QED) is 0.0146. The van der Waals surface area contributed by atoms with Gasteiger partial charge in [0.15, 0.2) is 6.10 Å². The van der Waals surface area contributed by atoms with Gasteiger partial charge in [-0.1, -0.05) is 252 Å². The van der Waals surface area contributed by atoms with E-state index in [1.54, 1.807) is 0 Å². The normalized spacial score (nSPS) is 14.9. The standard InChI is InChI=1S/C71H122O16P2/c1-4-7-10-13-16-19-22-24-26-27-28-29-30-31-32-33-34-35-36-37-39-41-43-45-48-51-54-57-69(74)81-60-66(72)61-83-88(77,78)84-62-67(73)63-85-89(79,80)86-65-68(87-71(76)59-56-53-50-47-42-21-18-15-12-9-6-3)64-82-70(75)58-55-52-49-46-44-40-38-25-23-20-17-14-11-8-5-2/h7-8,10-11,16-17,19-20,24-26,28-29,31-32,34-35,38,66-68,72-73H,4-6,9,12-15,18,21-23,27,30,33,36-37,39-65H2,1-3H3,(H,77,78)(H,79,80)/b10-7-,11-8-,19-16-,20-17-,26-24-,29-28-,32-31-,35-34-,38-25-. The van der Waals surface area contributed by atoms with E-state index >= 15 is 0 Å². The van der Waals surface area contributed by atoms with Gasteiger partial charge in [0.25, 0.3) is 0 Å². The van der Waals surface area contributed by atoms with E-state index in [1.165, 1.54) is 57.8 Å². The van der Waals surface area contributed by atoms with Crippen LogP contribution in [0.1, 0.15) is 265 Å². The molecule has 0 spiro atoms. The number of aliphatic hydroxyl groups excluding tert-OH is 2. The molecule has 89 heavy (non-hydrogen) atoms. The van der Waals surface area contributed by atoms with E-state index in [2.05, 4.69) is 130 Å². The van der Waals surface area contributed by atoms with Crippen LogP contribution in [0.4, 0.5) is 0 Å². The molecule has 5 atom stereocenters. The van der Waals surface area contributed by atoms with Crippen LogP contribution in [0.15, 0.2) is 109 Å². The van der Waals surface area contributed by atoms with Gasteiger partial charge >= 0.3 is 33.6 Å². The average molecular weight is 1290 g/mol. The molecule has 0 aromatic heterocycles. The number of phosphoric ester groups is 2. The lowest BCUT2D eigenvalue weighted by atomic mass is 10.1. The monoisotopic (exact) mass is 1290 g/mol. The van der Waals surface area contributed by atoms with Crippen LogP contribution >= 0.6 is 15.6 Å². The second-order valence-corrected chi connectivity index (χ2v) is 25.5. The number of carbonyl (C=O) groups is 3. The molecule has 512 valence electrons. The molecule has 0 aliphatic rings. The third-order valence-corrected chi connectivity index (χ3v) is 15.9. The number of hydrogen-bond acceptors (Lipinski definition) is 14. The van der Waals surface area contributed by atoms with E-state index in [1.807, 2.05) is 0 Å². The summed E-state index contributed by atoms with van der Waals surface area (Å²) in [5.41, 5.74) is 0. The number of ether oxygens (including phenoxy) is 3. The highest BCUT2D eigenvalue weighted by Crippen LogP contribution is 2.45. The fourth-order valence-corrected chi connectivity index (χ4v) is 10.4. The van der Waals surface area contributed by atoms with Gasteiger partial charge in [0.05, 0.1) is 26.4 Å². The van der Waals surface area contributed by atoms with Crippen LogP contribution in [0, 0.1) is 0 Å². The number of hydrogen-bond donors (Lipinski definition) is 4. The van der Waals surface area contributed by atoms with E-state index in [-0.39, 0.29) is 19.3 Å². The topological polar surface area (TPSA) is 231 Å². The molecule has 16 nitrogen and oxygen atoms in total. The number of esters is 3. The van der Waals surface area contributed by atoms with E-state index in [0.717, 1.165) is 148 Å². The summed E-state index contributed by atoms with van der Waals surface area (Å²) in [6.45, 7) is 2.40. The van der Waals surface area contributed by atoms with Gasteiger partial charge in [-0.25, -0.2) is 9.13 Å². The molecule has 0 aromatic carbocycles. The Bertz CT molecular complexity index is 2060. The molecule has 4 N–H and O–H groups in total. The SMILES string of the molecule is CC/C=C\C/C=C\C/C=C\C/C=C\C/C=C\C/C=C\CCCCCCCCCCC(=O)OCC(O)COP(=O)(O)OCC(O)COP(=O)(O)OCC(COC(=O)CCCCCCC/C=C\C/C=C\C/C=C\CC)OC(=O)CCCCCCCCCCCCC. The van der Waals surface area contributed by atoms with Crippen molar-refractivity contribution in [3.8, 4) is 0 Å². The molecule has 0 heterocycles. The number of aliphatic hydroxyl groups is 2. The van der Waals surface area contributed by atoms with Crippen molar-refractivity contribution >= 4 is 33.6 Å². The lowest BCUT2D eigenvalue weighted by Gasteiger charge is -2.21. The molecule has 0 saturated heterocycles. The Morgan fingerprint density at radius 2 is 0.596 bits per heavy atom. The fourth-order valence-electron chi connectivity index (χ4n) is 8.82. The van der Waals surface area contributed by atoms with Crippen molar-refractivity contribution in [3.63, 3.8) is 0 Å². The third kappa shape index (κ3) is 65.5. The highest BCUT2D eigenvalue weighted by Gasteiger charge is 2.29. The summed E-state index contributed by atoms with van der Waals surface area (Å²) in [6.07, 6.45) is 71.5. The first-order valence-electron chi connectivity index (χ1n) is 34.2. The largest absolute Gasteiger partial charge is 0.472 e. The summed E-state index contributed by atoms with van der Waals surface area (Å²) in [4.78, 5) is 58.2. The van der Waals surface area contributed by atoms with E-state index in [4.69, 9.17) is 32.3 Å². The van der Waals surface area contributed by atoms with Gasteiger partial charge in [-0.15, -0.1) is 0 Å². The van der Waals surface area contributed by atoms with Crippen LogP contribution in [0.3, 0.4) is 0 Å². The van der Waals surface area contributed by atoms with Gasteiger partial charge in [0, 0.05) is 19.3 Å². The molecule has 0 aliphatic heterocycles. The molecule has 0 rings (SSSR count). The highest BCUT2D eigenvalue weighted by molar-refractivity contribution is 7.47. The molecule has 0 aliphatic carbocycles. The summed E-state index contributed by atoms with van der Waals surface area (Å²) in [5.74, 6) is -1.60. The molecule has 0 bridgehead atoms. The maximum absolute atomic E-state index is 12.9. The van der Waals surface area contributed by atoms with Crippen LogP contribution < -0.4 is 0 Å². The zero-order valence-corrected chi connectivity index (χ0v) is 57.1. The zero-order chi connectivity index (χ0) is 65.3. The minimum absolute atomic E-state index is 0.102. The van der Waals surface area contributed by atoms with Crippen LogP contribution in [0.5, 0.6) is 0 Å². The van der Waals surface area contributed by atoms with Crippen LogP contribution in [0.2, 0.25) is 0 Å². The van der Waals surface area contributed by atoms with E-state index in [9.17, 15) is 43.5 Å². The number of rotatable bonds is 64. The second kappa shape index (κ2) is 64.3. The van der Waals surface area contributed by atoms with Gasteiger partial charge in [-0.2, -0.15) is 0 Å². The second-order valence-electron chi connectivity index (χ2n) is 22.6. The Morgan fingerprint density at radius 1 is 0.326 bits per heavy atom. The Kier molecular flexibility index (Phi) is 61.6. The highest BCUT2D eigenvalue weighted by atomic mass is 31.2. The molecular weight excluding hydrogens is 1170 g/mol. The summed E-state index contributed by atoms with van der Waals surface area (Å²) in [5, 5.41) is 20.5. The third-order valence-electron chi connectivity index (χ3n) is 14.0. The fraction of sp³-hybridized carbons (Fsp3) is 0.704. The van der Waals surface area contributed by atoms with Crippen molar-refractivity contribution < 1.29 is 75.8 Å². The lowest BCUT2D eigenvalue weighted by Crippen LogP contribution is -2.30. The van der Waals surface area contributed by atoms with Gasteiger partial charge in [0.1, 0.15) is 25.4 Å². The predicted octanol–water partition coefficient (Wildman–Crippen LogP) is 18.9. The molecule has 0 radical (unpaired) electrons. The van der Waals surface area contributed by atoms with Crippen molar-refractivity contribution in [2.45, 2.75) is 283 Å². The number of allylic oxidation sites excluding steroid dienone is 18. The number of unbranched alkanes of at least 4 members (excludes halogenated alkanes) is 23. The summed E-state index contributed by atoms with van der Waals surface area (Å²) >= 11 is 0. The molecule has 0 fully saturated rings. The van der Waals surface area contributed by atoms with Gasteiger partial charge < -0.3 is 34.2 Å². The maximum atomic E-state index is 12.9. The lowest BCUT2D eigenvalue weighted by molar-refractivity contribution is -0.161. The van der Waals surface area contributed by atoms with Crippen LogP contribution in [0.25, 0.3) is 0 Å². The Hall–Kier alpha value is -3.79. The smallest absolute Gasteiger partial charge is 0.463 e. The number of carbonyl (C=O) groups excluding carboxylic acids is 3. The molecule has 18 heteroatoms. The van der Waals surface area contributed by atoms with Crippen LogP contribution in [-0.4, -0.2) is 95.9 Å². The van der Waals surface area contributed by atoms with Crippen LogP contribution in [-0.2, 0) is 55.8 Å². The number of phosphoric acid groups is 2. The van der Waals surface area contributed by atoms with E-state index < -0.39 is 91.5 Å². The van der Waals surface area contributed by atoms with Crippen molar-refractivity contribution in [1.29, 1.82) is 0 Å². The Morgan fingerprint density at radius 3 is 0.944 bits per heavy atom. The minimum atomic E-state index is -4.92. The van der Waals surface area contributed by atoms with E-state index in [0.29, 0.717) is 19.3 Å². The Balaban J connectivity index is 4.48. The molecular formula is C71H122O16P2. The predicted molar refractivity (Wildman–Crippen MR) is 362 cm³/mol. The van der Waals surface area contributed by atoms with Gasteiger partial charge in [-0.05, 0) is 103 Å². The molecule has 0 saturated carbocycles. The first-order valence-corrected chi connectivity index (χ1v) is 37.2. The zero-order valence-electron chi connectivity index (χ0n) is 55.3. The summed E-state index contributed by atoms with van der Waals surface area (Å²) in [7, 11) is -9.77. The van der Waals surface area contributed by atoms with Crippen molar-refractivity contribution in [2.75, 3.05) is 39.6 Å². The average Bonchev–Trinajstić information content (AvgIpc) is 3.56. The minimum Gasteiger partial charge on any atom is -0.463 e. The first-order chi connectivity index (χ1) is 43.2. The summed E-state index contributed by atoms with van der Waals surface area (Å²) < 4.78 is 60.8. The Labute approximate surface area is 539 Å². The van der Waals surface area contributed by atoms with Crippen molar-refractivity contribution in [1.82, 2.24) is 0 Å². The molecule has 5 unspecified atom stereocenters. The van der Waals surface area contributed by atoms with Gasteiger partial charge in [0.2, 0.25) is 0 Å².